The Hall–Kier alpha value is -3.41. The summed E-state index contributed by atoms with van der Waals surface area (Å²) in [6.07, 6.45) is 1.78. The van der Waals surface area contributed by atoms with Gasteiger partial charge in [-0.25, -0.2) is 9.79 Å². The first-order chi connectivity index (χ1) is 20.2. The van der Waals surface area contributed by atoms with Crippen molar-refractivity contribution in [3.8, 4) is 11.5 Å². The molecule has 0 aliphatic carbocycles. The molecule has 1 aliphatic rings. The number of ether oxygens (including phenoxy) is 3. The van der Waals surface area contributed by atoms with E-state index in [1.807, 2.05) is 74.5 Å². The molecule has 4 aromatic rings. The van der Waals surface area contributed by atoms with Crippen LogP contribution in [0.4, 0.5) is 0 Å². The van der Waals surface area contributed by atoms with Gasteiger partial charge in [0.25, 0.3) is 5.56 Å². The number of carbonyl (C=O) groups excluding carboxylic acids is 1. The van der Waals surface area contributed by atoms with Crippen LogP contribution in [0.15, 0.2) is 82.1 Å². The van der Waals surface area contributed by atoms with Crippen molar-refractivity contribution < 1.29 is 19.0 Å². The Kier molecular flexibility index (Phi) is 9.19. The number of esters is 1. The average Bonchev–Trinajstić information content (AvgIpc) is 3.28. The van der Waals surface area contributed by atoms with Gasteiger partial charge in [0.15, 0.2) is 16.3 Å². The summed E-state index contributed by atoms with van der Waals surface area (Å²) in [5.41, 5.74) is 2.71. The van der Waals surface area contributed by atoms with Crippen molar-refractivity contribution in [2.75, 3.05) is 13.7 Å². The minimum absolute atomic E-state index is 0.0257. The van der Waals surface area contributed by atoms with Crippen LogP contribution in [0.25, 0.3) is 11.8 Å². The molecule has 5 rings (SSSR count). The summed E-state index contributed by atoms with van der Waals surface area (Å²) in [5, 5.41) is 0.546. The SMILES string of the molecule is CCOC(=O)C1=C(c2ccccc2)N=c2s/c(=C\c3cc(I)c(OC(C)C)c(OC)c3)c(=O)n2[C@H]1c1ccc(Cl)cc1. The molecule has 216 valence electrons. The first-order valence-electron chi connectivity index (χ1n) is 13.3. The molecule has 1 aromatic heterocycles. The lowest BCUT2D eigenvalue weighted by Crippen LogP contribution is -2.40. The fraction of sp³-hybridized carbons (Fsp3) is 0.219. The molecule has 0 bridgehead atoms. The molecule has 0 unspecified atom stereocenters. The van der Waals surface area contributed by atoms with E-state index in [2.05, 4.69) is 22.6 Å². The quantitative estimate of drug-likeness (QED) is 0.166. The Labute approximate surface area is 265 Å². The summed E-state index contributed by atoms with van der Waals surface area (Å²) in [7, 11) is 1.59. The van der Waals surface area contributed by atoms with E-state index in [4.69, 9.17) is 30.8 Å². The van der Waals surface area contributed by atoms with Crippen molar-refractivity contribution in [2.45, 2.75) is 32.9 Å². The van der Waals surface area contributed by atoms with Gasteiger partial charge in [0, 0.05) is 10.6 Å². The summed E-state index contributed by atoms with van der Waals surface area (Å²) in [6, 6.07) is 19.6. The van der Waals surface area contributed by atoms with Gasteiger partial charge in [0.2, 0.25) is 0 Å². The van der Waals surface area contributed by atoms with Crippen molar-refractivity contribution >= 4 is 63.3 Å². The molecule has 0 N–H and O–H groups in total. The predicted octanol–water partition coefficient (Wildman–Crippen LogP) is 5.99. The maximum atomic E-state index is 14.1. The molecular weight excluding hydrogens is 687 g/mol. The number of hydrogen-bond donors (Lipinski definition) is 0. The van der Waals surface area contributed by atoms with E-state index < -0.39 is 12.0 Å². The van der Waals surface area contributed by atoms with E-state index in [1.54, 1.807) is 30.7 Å². The Bertz CT molecular complexity index is 1850. The van der Waals surface area contributed by atoms with Gasteiger partial charge < -0.3 is 14.2 Å². The molecule has 1 atom stereocenters. The normalized spacial score (nSPS) is 14.9. The van der Waals surface area contributed by atoms with Gasteiger partial charge >= 0.3 is 5.97 Å². The monoisotopic (exact) mass is 714 g/mol. The fourth-order valence-corrected chi connectivity index (χ4v) is 6.60. The summed E-state index contributed by atoms with van der Waals surface area (Å²) >= 11 is 9.68. The Morgan fingerprint density at radius 3 is 2.50 bits per heavy atom. The molecule has 7 nitrogen and oxygen atoms in total. The third-order valence-electron chi connectivity index (χ3n) is 6.46. The van der Waals surface area contributed by atoms with Crippen LogP contribution >= 0.6 is 45.5 Å². The van der Waals surface area contributed by atoms with Crippen LogP contribution < -0.4 is 24.4 Å². The molecule has 0 spiro atoms. The van der Waals surface area contributed by atoms with Crippen LogP contribution in [0.2, 0.25) is 5.02 Å². The Morgan fingerprint density at radius 2 is 1.86 bits per heavy atom. The van der Waals surface area contributed by atoms with E-state index in [1.165, 1.54) is 11.3 Å². The van der Waals surface area contributed by atoms with E-state index >= 15 is 0 Å². The van der Waals surface area contributed by atoms with Gasteiger partial charge in [0.05, 0.1) is 45.2 Å². The Morgan fingerprint density at radius 1 is 1.14 bits per heavy atom. The highest BCUT2D eigenvalue weighted by atomic mass is 127. The zero-order chi connectivity index (χ0) is 30.0. The number of aromatic nitrogens is 1. The van der Waals surface area contributed by atoms with Crippen LogP contribution in [-0.2, 0) is 9.53 Å². The predicted molar refractivity (Wildman–Crippen MR) is 174 cm³/mol. The molecule has 2 heterocycles. The number of thiazole rings is 1. The van der Waals surface area contributed by atoms with Crippen molar-refractivity contribution in [1.29, 1.82) is 0 Å². The van der Waals surface area contributed by atoms with E-state index in [9.17, 15) is 9.59 Å². The molecule has 0 radical (unpaired) electrons. The number of benzene rings is 3. The molecule has 0 saturated heterocycles. The van der Waals surface area contributed by atoms with Crippen LogP contribution in [0, 0.1) is 3.57 Å². The highest BCUT2D eigenvalue weighted by Gasteiger charge is 2.35. The van der Waals surface area contributed by atoms with E-state index in [0.717, 1.165) is 14.7 Å². The number of halogens is 2. The van der Waals surface area contributed by atoms with Gasteiger partial charge in [0.1, 0.15) is 0 Å². The van der Waals surface area contributed by atoms with Crippen LogP contribution in [0.3, 0.4) is 0 Å². The summed E-state index contributed by atoms with van der Waals surface area (Å²) in [5.74, 6) is 0.694. The second-order valence-corrected chi connectivity index (χ2v) is 12.3. The average molecular weight is 715 g/mol. The number of nitrogens with zero attached hydrogens (tertiary/aromatic N) is 2. The molecule has 0 amide bonds. The lowest BCUT2D eigenvalue weighted by atomic mass is 9.93. The molecular formula is C32H28ClIN2O5S. The molecule has 0 fully saturated rings. The first-order valence-corrected chi connectivity index (χ1v) is 15.6. The summed E-state index contributed by atoms with van der Waals surface area (Å²) < 4.78 is 20.0. The molecule has 42 heavy (non-hydrogen) atoms. The van der Waals surface area contributed by atoms with Crippen LogP contribution in [0.1, 0.15) is 43.5 Å². The van der Waals surface area contributed by atoms with Gasteiger partial charge in [-0.1, -0.05) is 65.4 Å². The number of carbonyl (C=O) groups is 1. The van der Waals surface area contributed by atoms with Gasteiger partial charge in [-0.2, -0.15) is 0 Å². The molecule has 10 heteroatoms. The van der Waals surface area contributed by atoms with Crippen molar-refractivity contribution in [1.82, 2.24) is 4.57 Å². The standard InChI is InChI=1S/C32H28ClIN2O5S/c1-5-40-31(38)26-27(20-9-7-6-8-10-20)35-32-36(28(26)21-11-13-22(33)14-12-21)30(37)25(42-32)17-19-15-23(34)29(41-18(2)3)24(16-19)39-4/h6-18,28H,5H2,1-4H3/b25-17-/t28-/m0/s1. The zero-order valence-corrected chi connectivity index (χ0v) is 27.1. The van der Waals surface area contributed by atoms with Crippen molar-refractivity contribution in [3.63, 3.8) is 0 Å². The molecule has 3 aromatic carbocycles. The number of rotatable bonds is 8. The topological polar surface area (TPSA) is 79.1 Å². The largest absolute Gasteiger partial charge is 0.493 e. The molecule has 1 aliphatic heterocycles. The summed E-state index contributed by atoms with van der Waals surface area (Å²) in [4.78, 5) is 33.0. The van der Waals surface area contributed by atoms with Crippen LogP contribution in [0.5, 0.6) is 11.5 Å². The highest BCUT2D eigenvalue weighted by molar-refractivity contribution is 14.1. The third-order valence-corrected chi connectivity index (χ3v) is 8.50. The second kappa shape index (κ2) is 12.8. The second-order valence-electron chi connectivity index (χ2n) is 9.68. The first kappa shape index (κ1) is 30.1. The highest BCUT2D eigenvalue weighted by Crippen LogP contribution is 2.36. The minimum Gasteiger partial charge on any atom is -0.493 e. The van der Waals surface area contributed by atoms with Crippen molar-refractivity contribution in [3.05, 3.63) is 117 Å². The smallest absolute Gasteiger partial charge is 0.338 e. The zero-order valence-electron chi connectivity index (χ0n) is 23.4. The number of methoxy groups -OCH3 is 1. The number of fused-ring (bicyclic) bond motifs is 1. The Balaban J connectivity index is 1.77. The van der Waals surface area contributed by atoms with E-state index in [-0.39, 0.29) is 23.8 Å². The molecule has 0 saturated carbocycles. The van der Waals surface area contributed by atoms with Crippen molar-refractivity contribution in [2.24, 2.45) is 4.99 Å². The maximum absolute atomic E-state index is 14.1. The van der Waals surface area contributed by atoms with Crippen LogP contribution in [-0.4, -0.2) is 30.4 Å². The van der Waals surface area contributed by atoms with E-state index in [0.29, 0.717) is 37.1 Å². The maximum Gasteiger partial charge on any atom is 0.338 e. The number of hydrogen-bond acceptors (Lipinski definition) is 7. The lowest BCUT2D eigenvalue weighted by Gasteiger charge is -2.25. The summed E-state index contributed by atoms with van der Waals surface area (Å²) in [6.45, 7) is 5.84. The van der Waals surface area contributed by atoms with Gasteiger partial charge in [-0.3, -0.25) is 9.36 Å². The minimum atomic E-state index is -0.772. The van der Waals surface area contributed by atoms with Gasteiger partial charge in [-0.15, -0.1) is 0 Å². The third kappa shape index (κ3) is 6.04. The van der Waals surface area contributed by atoms with Gasteiger partial charge in [-0.05, 0) is 84.8 Å². The lowest BCUT2D eigenvalue weighted by molar-refractivity contribution is -0.138. The fourth-order valence-electron chi connectivity index (χ4n) is 4.73.